The van der Waals surface area contributed by atoms with E-state index >= 15 is 0 Å². The maximum atomic E-state index is 12.3. The summed E-state index contributed by atoms with van der Waals surface area (Å²) >= 11 is 0. The number of hydrazone groups is 1. The lowest BCUT2D eigenvalue weighted by molar-refractivity contribution is 0.159. The maximum Gasteiger partial charge on any atom is 0.335 e. The SMILES string of the molecule is CCOc1ccccc1-n1c(O)c(C=NN2CCN(C)CC2)c(=O)[nH]c1=O. The van der Waals surface area contributed by atoms with Gasteiger partial charge in [-0.25, -0.2) is 9.36 Å². The number of aromatic nitrogens is 2. The summed E-state index contributed by atoms with van der Waals surface area (Å²) in [7, 11) is 2.03. The van der Waals surface area contributed by atoms with Gasteiger partial charge in [-0.1, -0.05) is 12.1 Å². The van der Waals surface area contributed by atoms with E-state index < -0.39 is 17.1 Å². The molecule has 2 aromatic rings. The number of aromatic hydroxyl groups is 1. The first-order valence-electron chi connectivity index (χ1n) is 8.79. The van der Waals surface area contributed by atoms with Crippen LogP contribution in [0.15, 0.2) is 39.0 Å². The van der Waals surface area contributed by atoms with E-state index in [4.69, 9.17) is 4.74 Å². The Balaban J connectivity index is 2.02. The highest BCUT2D eigenvalue weighted by molar-refractivity contribution is 5.82. The van der Waals surface area contributed by atoms with Crippen LogP contribution < -0.4 is 16.0 Å². The molecule has 9 heteroatoms. The number of nitrogens with zero attached hydrogens (tertiary/aromatic N) is 4. The summed E-state index contributed by atoms with van der Waals surface area (Å²) in [6.07, 6.45) is 1.29. The van der Waals surface area contributed by atoms with Crippen LogP contribution in [0.2, 0.25) is 0 Å². The smallest absolute Gasteiger partial charge is 0.335 e. The highest BCUT2D eigenvalue weighted by atomic mass is 16.5. The largest absolute Gasteiger partial charge is 0.493 e. The molecule has 2 N–H and O–H groups in total. The zero-order valence-corrected chi connectivity index (χ0v) is 15.4. The lowest BCUT2D eigenvalue weighted by atomic mass is 10.2. The van der Waals surface area contributed by atoms with Gasteiger partial charge in [0.2, 0.25) is 5.88 Å². The molecule has 1 aliphatic heterocycles. The van der Waals surface area contributed by atoms with E-state index in [2.05, 4.69) is 15.0 Å². The summed E-state index contributed by atoms with van der Waals surface area (Å²) in [5.41, 5.74) is -1.19. The van der Waals surface area contributed by atoms with Crippen LogP contribution in [0.4, 0.5) is 0 Å². The average molecular weight is 373 g/mol. The van der Waals surface area contributed by atoms with Crippen LogP contribution in [0.3, 0.4) is 0 Å². The molecule has 1 saturated heterocycles. The van der Waals surface area contributed by atoms with Crippen molar-refractivity contribution in [1.29, 1.82) is 0 Å². The van der Waals surface area contributed by atoms with E-state index in [0.29, 0.717) is 18.0 Å². The Kier molecular flexibility index (Phi) is 5.60. The highest BCUT2D eigenvalue weighted by Crippen LogP contribution is 2.25. The third kappa shape index (κ3) is 4.03. The fourth-order valence-electron chi connectivity index (χ4n) is 2.85. The number of rotatable bonds is 5. The molecular formula is C18H23N5O4. The van der Waals surface area contributed by atoms with Crippen LogP contribution in [-0.4, -0.2) is 70.6 Å². The topological polar surface area (TPSA) is 103 Å². The minimum atomic E-state index is -0.749. The van der Waals surface area contributed by atoms with Crippen molar-refractivity contribution in [3.05, 3.63) is 50.7 Å². The third-order valence-corrected chi connectivity index (χ3v) is 4.36. The second kappa shape index (κ2) is 8.09. The van der Waals surface area contributed by atoms with Crippen LogP contribution in [0.25, 0.3) is 5.69 Å². The summed E-state index contributed by atoms with van der Waals surface area (Å²) in [5, 5.41) is 16.7. The van der Waals surface area contributed by atoms with Gasteiger partial charge in [-0.05, 0) is 26.1 Å². The lowest BCUT2D eigenvalue weighted by Crippen LogP contribution is -2.42. The van der Waals surface area contributed by atoms with Gasteiger partial charge >= 0.3 is 5.69 Å². The quantitative estimate of drug-likeness (QED) is 0.727. The summed E-state index contributed by atoms with van der Waals surface area (Å²) in [5.74, 6) is -0.0554. The van der Waals surface area contributed by atoms with Gasteiger partial charge < -0.3 is 14.7 Å². The molecule has 9 nitrogen and oxygen atoms in total. The Bertz CT molecular complexity index is 941. The van der Waals surface area contributed by atoms with Crippen molar-refractivity contribution in [2.24, 2.45) is 5.10 Å². The lowest BCUT2D eigenvalue weighted by Gasteiger charge is -2.30. The van der Waals surface area contributed by atoms with Crippen LogP contribution >= 0.6 is 0 Å². The van der Waals surface area contributed by atoms with E-state index in [0.717, 1.165) is 30.7 Å². The molecule has 1 aromatic carbocycles. The van der Waals surface area contributed by atoms with E-state index in [9.17, 15) is 14.7 Å². The van der Waals surface area contributed by atoms with Crippen molar-refractivity contribution in [3.8, 4) is 17.3 Å². The van der Waals surface area contributed by atoms with E-state index in [1.807, 2.05) is 19.0 Å². The molecule has 1 aliphatic rings. The Hall–Kier alpha value is -3.07. The number of benzene rings is 1. The first-order chi connectivity index (χ1) is 13.0. The summed E-state index contributed by atoms with van der Waals surface area (Å²) in [6, 6.07) is 6.80. The number of nitrogens with one attached hydrogen (secondary N) is 1. The monoisotopic (exact) mass is 373 g/mol. The number of ether oxygens (including phenoxy) is 1. The van der Waals surface area contributed by atoms with Gasteiger partial charge in [0, 0.05) is 26.2 Å². The van der Waals surface area contributed by atoms with Crippen LogP contribution in [0, 0.1) is 0 Å². The molecule has 0 unspecified atom stereocenters. The maximum absolute atomic E-state index is 12.3. The summed E-state index contributed by atoms with van der Waals surface area (Å²) in [6.45, 7) is 5.38. The predicted molar refractivity (Wildman–Crippen MR) is 102 cm³/mol. The summed E-state index contributed by atoms with van der Waals surface area (Å²) < 4.78 is 6.54. The number of hydrogen-bond acceptors (Lipinski definition) is 7. The van der Waals surface area contributed by atoms with Gasteiger partial charge in [-0.3, -0.25) is 14.8 Å². The van der Waals surface area contributed by atoms with Gasteiger partial charge in [-0.15, -0.1) is 0 Å². The molecule has 1 fully saturated rings. The van der Waals surface area contributed by atoms with Crippen LogP contribution in [0.5, 0.6) is 11.6 Å². The Labute approximate surface area is 156 Å². The third-order valence-electron chi connectivity index (χ3n) is 4.36. The summed E-state index contributed by atoms with van der Waals surface area (Å²) in [4.78, 5) is 29.0. The Morgan fingerprint density at radius 3 is 2.63 bits per heavy atom. The Morgan fingerprint density at radius 1 is 1.22 bits per heavy atom. The molecule has 144 valence electrons. The minimum absolute atomic E-state index is 0.0835. The number of piperazine rings is 1. The number of hydrogen-bond donors (Lipinski definition) is 2. The molecule has 3 rings (SSSR count). The van der Waals surface area contributed by atoms with Gasteiger partial charge in [0.15, 0.2) is 0 Å². The van der Waals surface area contributed by atoms with Crippen molar-refractivity contribution in [2.45, 2.75) is 6.92 Å². The van der Waals surface area contributed by atoms with Crippen molar-refractivity contribution < 1.29 is 9.84 Å². The van der Waals surface area contributed by atoms with E-state index in [1.165, 1.54) is 6.21 Å². The van der Waals surface area contributed by atoms with Crippen LogP contribution in [-0.2, 0) is 0 Å². The zero-order chi connectivity index (χ0) is 19.4. The van der Waals surface area contributed by atoms with Crippen molar-refractivity contribution in [3.63, 3.8) is 0 Å². The molecule has 0 atom stereocenters. The van der Waals surface area contributed by atoms with E-state index in [-0.39, 0.29) is 5.56 Å². The number of H-pyrrole nitrogens is 1. The number of likely N-dealkylation sites (N-methyl/N-ethyl adjacent to an activating group) is 1. The molecule has 0 amide bonds. The molecule has 0 radical (unpaired) electrons. The van der Waals surface area contributed by atoms with Crippen LogP contribution in [0.1, 0.15) is 12.5 Å². The Morgan fingerprint density at radius 2 is 1.93 bits per heavy atom. The van der Waals surface area contributed by atoms with Gasteiger partial charge in [0.05, 0.1) is 18.5 Å². The molecule has 0 bridgehead atoms. The molecular weight excluding hydrogens is 350 g/mol. The van der Waals surface area contributed by atoms with E-state index in [1.54, 1.807) is 24.3 Å². The molecule has 0 saturated carbocycles. The normalized spacial score (nSPS) is 15.4. The van der Waals surface area contributed by atoms with Gasteiger partial charge in [0.1, 0.15) is 11.3 Å². The van der Waals surface area contributed by atoms with Crippen molar-refractivity contribution >= 4 is 6.21 Å². The first-order valence-corrected chi connectivity index (χ1v) is 8.79. The number of para-hydroxylation sites is 2. The van der Waals surface area contributed by atoms with Gasteiger partial charge in [-0.2, -0.15) is 5.10 Å². The molecule has 0 spiro atoms. The highest BCUT2D eigenvalue weighted by Gasteiger charge is 2.18. The molecule has 0 aliphatic carbocycles. The van der Waals surface area contributed by atoms with Crippen molar-refractivity contribution in [1.82, 2.24) is 19.5 Å². The minimum Gasteiger partial charge on any atom is -0.493 e. The standard InChI is InChI=1S/C18H23N5O4/c1-3-27-15-7-5-4-6-14(15)23-17(25)13(16(24)20-18(23)26)12-19-22-10-8-21(2)9-11-22/h4-7,12,25H,3,8-11H2,1-2H3,(H,20,24,26). The number of aromatic amines is 1. The fraction of sp³-hybridized carbons (Fsp3) is 0.389. The van der Waals surface area contributed by atoms with Gasteiger partial charge in [0.25, 0.3) is 5.56 Å². The molecule has 27 heavy (non-hydrogen) atoms. The first kappa shape index (κ1) is 18.7. The second-order valence-electron chi connectivity index (χ2n) is 6.23. The second-order valence-corrected chi connectivity index (χ2v) is 6.23. The predicted octanol–water partition coefficient (Wildman–Crippen LogP) is 0.211. The molecule has 1 aromatic heterocycles. The fourth-order valence-corrected chi connectivity index (χ4v) is 2.85. The zero-order valence-electron chi connectivity index (χ0n) is 15.4. The molecule has 2 heterocycles. The van der Waals surface area contributed by atoms with Crippen molar-refractivity contribution in [2.75, 3.05) is 39.8 Å². The average Bonchev–Trinajstić information content (AvgIpc) is 2.64.